The molecule has 45 heteroatoms. The first-order valence-electron chi connectivity index (χ1n) is 45.4. The highest BCUT2D eigenvalue weighted by Gasteiger charge is 2.48. The number of Topliss-reactive ketones (excluding diaryl/α,β-unsaturated/α-hetero) is 7. The maximum Gasteiger partial charge on any atom is 0.363 e. The summed E-state index contributed by atoms with van der Waals surface area (Å²) in [4.78, 5) is 253. The van der Waals surface area contributed by atoms with Gasteiger partial charge in [0.05, 0.1) is 86.3 Å². The number of para-hydroxylation sites is 4. The molecule has 12 heterocycles. The van der Waals surface area contributed by atoms with Gasteiger partial charge >= 0.3 is 12.1 Å². The van der Waals surface area contributed by atoms with Crippen LogP contribution < -0.4 is 61.4 Å². The third-order valence-corrected chi connectivity index (χ3v) is 24.5. The second-order valence-electron chi connectivity index (χ2n) is 34.0. The fourth-order valence-corrected chi connectivity index (χ4v) is 17.6. The van der Waals surface area contributed by atoms with E-state index in [1.165, 1.54) is 117 Å². The summed E-state index contributed by atoms with van der Waals surface area (Å²) < 4.78 is 4.94. The van der Waals surface area contributed by atoms with E-state index in [1.54, 1.807) is 113 Å². The zero-order valence-corrected chi connectivity index (χ0v) is 80.0. The molecule has 0 radical (unpaired) electrons. The van der Waals surface area contributed by atoms with Gasteiger partial charge in [-0.25, -0.2) is 55.1 Å². The number of carbonyl (C=O) groups is 20. The standard InChI is InChI=1S/C16H21N3O4.C15H19N3O3.C14H18N4O3.C12H19N3O3.C12H21N3O2.C11H18N4O3.C10H15N3O4/c1-11(20)8-19-14-7-5-4-6-13(14)18(15(21)10-23-3)9-12(17-2)16(19)22;1-10(19)8-18-14-7-5-4-6-13(14)17(11(2)20)9-12(16-3)15(18)21;1-9(19)7-18-12-5-4-6-16-13(12)17(10(2)20)8-11(15-3)14(18)21;1-8(16)10-4-3-7-14-11(17)6-5-9(13-2)12(18)15(10)14;1-9(16)11-6-4-8-14-7-3-5-10(13-2)12(17)15(11)14;1-8(16)9-4-3-6-14-10(17)5-7-13(12-2)11(18)15(9)14;1-7(14)8-3-2-5-11-9(15)4-6-12(17)10(16)13(8)11/h4-7,12,17H,8-10H2,1-3H3;4-7,12,16H,8-9H2,1-3H3;4-6,11,15H,7-8H2,1-3H3;9-10,13H,3-7H2,1-2H3;10-11,13H,3-8H2,1-2H3;9,12H,3-7H2,1-2H3;8,17H,2-6H2,1H3/t;12-;11-;9-,10-;10-,11-;9-;8-/m.000000/s1. The van der Waals surface area contributed by atoms with Gasteiger partial charge in [0.2, 0.25) is 47.3 Å². The summed E-state index contributed by atoms with van der Waals surface area (Å²) in [6.07, 6.45) is 10.4. The van der Waals surface area contributed by atoms with Crippen LogP contribution in [0.15, 0.2) is 66.9 Å². The Bertz CT molecular complexity index is 4710. The molecule has 3 aromatic rings. The number of carbonyl (C=O) groups excluding carboxylic acids is 20. The topological polar surface area (TPSA) is 508 Å². The molecule has 9 atom stereocenters. The minimum Gasteiger partial charge on any atom is -0.375 e. The molecular weight excluding hydrogens is 1760 g/mol. The molecule has 8 saturated heterocycles. The maximum absolute atomic E-state index is 12.7. The monoisotopic (exact) mass is 1890 g/mol. The number of hydrogen-bond acceptors (Lipinski definition) is 30. The Morgan fingerprint density at radius 2 is 0.733 bits per heavy atom. The van der Waals surface area contributed by atoms with Crippen LogP contribution >= 0.6 is 0 Å². The molecule has 738 valence electrons. The van der Waals surface area contributed by atoms with Crippen LogP contribution in [0.4, 0.5) is 43.8 Å². The molecule has 0 aliphatic carbocycles. The Kier molecular flexibility index (Phi) is 40.2. The van der Waals surface area contributed by atoms with Gasteiger partial charge in [0, 0.05) is 92.7 Å². The number of nitrogens with one attached hydrogen (secondary N) is 6. The van der Waals surface area contributed by atoms with Gasteiger partial charge in [-0.05, 0) is 191 Å². The highest BCUT2D eigenvalue weighted by Crippen LogP contribution is 2.37. The largest absolute Gasteiger partial charge is 0.375 e. The number of pyridine rings is 1. The molecule has 1 unspecified atom stereocenters. The Labute approximate surface area is 785 Å². The van der Waals surface area contributed by atoms with Crippen molar-refractivity contribution in [3.05, 3.63) is 66.9 Å². The molecule has 0 bridgehead atoms. The van der Waals surface area contributed by atoms with E-state index in [0.717, 1.165) is 56.6 Å². The van der Waals surface area contributed by atoms with Crippen molar-refractivity contribution in [2.45, 2.75) is 207 Å². The van der Waals surface area contributed by atoms with Gasteiger partial charge < -0.3 is 55.8 Å². The number of hydrazine groups is 5. The molecule has 135 heavy (non-hydrogen) atoms. The van der Waals surface area contributed by atoms with Crippen LogP contribution in [0.3, 0.4) is 0 Å². The molecule has 11 aliphatic rings. The number of benzene rings is 2. The first-order chi connectivity index (χ1) is 64.2. The van der Waals surface area contributed by atoms with Crippen molar-refractivity contribution >= 4 is 152 Å². The Morgan fingerprint density at radius 3 is 1.16 bits per heavy atom. The average molecular weight is 1890 g/mol. The number of urea groups is 2. The van der Waals surface area contributed by atoms with Crippen LogP contribution in [-0.2, 0) is 91.0 Å². The lowest BCUT2D eigenvalue weighted by atomic mass is 10.0. The Morgan fingerprint density at radius 1 is 0.378 bits per heavy atom. The van der Waals surface area contributed by atoms with Gasteiger partial charge in [0.25, 0.3) is 17.7 Å². The van der Waals surface area contributed by atoms with E-state index in [0.29, 0.717) is 104 Å². The van der Waals surface area contributed by atoms with E-state index in [4.69, 9.17) is 4.74 Å². The first-order valence-corrected chi connectivity index (χ1v) is 45.4. The number of ether oxygens (including phenoxy) is 1. The van der Waals surface area contributed by atoms with Crippen molar-refractivity contribution in [2.24, 2.45) is 0 Å². The number of ketones is 7. The van der Waals surface area contributed by atoms with Gasteiger partial charge in [-0.2, -0.15) is 0 Å². The summed E-state index contributed by atoms with van der Waals surface area (Å²) in [5.74, 6) is -1.95. The van der Waals surface area contributed by atoms with Gasteiger partial charge in [-0.1, -0.05) is 24.3 Å². The number of hydroxylamine groups is 2. The van der Waals surface area contributed by atoms with E-state index >= 15 is 0 Å². The second-order valence-corrected chi connectivity index (χ2v) is 34.0. The van der Waals surface area contributed by atoms with E-state index in [9.17, 15) is 101 Å². The maximum atomic E-state index is 12.7. The van der Waals surface area contributed by atoms with E-state index in [2.05, 4.69) is 42.0 Å². The van der Waals surface area contributed by atoms with Crippen LogP contribution in [-0.4, -0.2) is 373 Å². The predicted octanol–water partition coefficient (Wildman–Crippen LogP) is 0.310. The summed E-state index contributed by atoms with van der Waals surface area (Å²) in [6, 6.07) is 12.4. The van der Waals surface area contributed by atoms with Crippen molar-refractivity contribution in [1.29, 1.82) is 0 Å². The normalized spacial score (nSPS) is 23.0. The average Bonchev–Trinajstić information content (AvgIpc) is 0.993. The van der Waals surface area contributed by atoms with Crippen LogP contribution in [0, 0.1) is 0 Å². The third-order valence-electron chi connectivity index (χ3n) is 24.5. The van der Waals surface area contributed by atoms with Crippen molar-refractivity contribution in [2.75, 3.05) is 170 Å². The molecule has 0 saturated carbocycles. The minimum absolute atomic E-state index is 0.000227. The zero-order valence-electron chi connectivity index (χ0n) is 80.0. The van der Waals surface area contributed by atoms with Crippen LogP contribution in [0.5, 0.6) is 0 Å². The molecule has 45 nitrogen and oxygen atoms in total. The van der Waals surface area contributed by atoms with Crippen LogP contribution in [0.25, 0.3) is 0 Å². The number of amides is 15. The molecule has 7 N–H and O–H groups in total. The Hall–Kier alpha value is -12.4. The predicted molar refractivity (Wildman–Crippen MR) is 492 cm³/mol. The lowest BCUT2D eigenvalue weighted by Gasteiger charge is -2.42. The minimum atomic E-state index is -0.698. The SMILES string of the molecule is CC(=O)[C@@H]1CCCN2C(=O)CCN(O)C(=O)N12.CNC1CN(C(=O)COC)c2ccccc2N(CC(C)=O)C1=O.CNN1CCC(=O)N2CCC[C@@H](C(C)=O)N2C1=O.CN[C@H]1CCC(=O)N2CCC[C@@H](C(C)=O)N2C1=O.CN[C@H]1CCCN2CCC[C@@H](C(C)=O)N2C1=O.CN[C@H]1CN(C(C)=O)c2ccccc2N(CC(C)=O)C1=O.CN[C@H]1CN(C(C)=O)c2ncccc2N(CC(C)=O)C1=O. The number of hydrogen-bond donors (Lipinski definition) is 7. The van der Waals surface area contributed by atoms with Crippen molar-refractivity contribution in [3.63, 3.8) is 0 Å². The van der Waals surface area contributed by atoms with Crippen molar-refractivity contribution in [3.8, 4) is 0 Å². The third kappa shape index (κ3) is 26.4. The zero-order chi connectivity index (χ0) is 99.7. The number of methoxy groups -OCH3 is 1. The smallest absolute Gasteiger partial charge is 0.363 e. The van der Waals surface area contributed by atoms with Gasteiger partial charge in [0.1, 0.15) is 66.2 Å². The fourth-order valence-electron chi connectivity index (χ4n) is 17.6. The number of aromatic nitrogens is 1. The molecule has 14 rings (SSSR count). The molecule has 11 aliphatic heterocycles. The van der Waals surface area contributed by atoms with Gasteiger partial charge in [-0.3, -0.25) is 111 Å². The quantitative estimate of drug-likeness (QED) is 0.0843. The molecule has 8 fully saturated rings. The lowest BCUT2D eigenvalue weighted by molar-refractivity contribution is -0.175. The van der Waals surface area contributed by atoms with Gasteiger partial charge in [-0.15, -0.1) is 0 Å². The molecule has 1 aromatic heterocycles. The summed E-state index contributed by atoms with van der Waals surface area (Å²) in [6.45, 7) is 17.1. The second kappa shape index (κ2) is 50.3. The number of nitrogens with zero attached hydrogens (tertiary/aromatic N) is 17. The molecule has 15 amide bonds. The number of likely N-dealkylation sites (N-methyl/N-ethyl adjacent to an activating group) is 5. The summed E-state index contributed by atoms with van der Waals surface area (Å²) in [7, 11) is 11.6. The van der Waals surface area contributed by atoms with Crippen LogP contribution in [0.1, 0.15) is 152 Å². The first kappa shape index (κ1) is 108. The number of rotatable bonds is 18. The van der Waals surface area contributed by atoms with E-state index < -0.39 is 42.3 Å². The van der Waals surface area contributed by atoms with E-state index in [1.807, 2.05) is 13.1 Å². The summed E-state index contributed by atoms with van der Waals surface area (Å²) in [5.41, 5.74) is 5.62. The summed E-state index contributed by atoms with van der Waals surface area (Å²) >= 11 is 0. The van der Waals surface area contributed by atoms with E-state index in [-0.39, 0.29) is 195 Å². The van der Waals surface area contributed by atoms with Crippen molar-refractivity contribution in [1.82, 2.24) is 87.1 Å². The molecule has 0 spiro atoms. The highest BCUT2D eigenvalue weighted by atomic mass is 16.5. The molecule has 2 aromatic carbocycles. The summed E-state index contributed by atoms with van der Waals surface area (Å²) in [5, 5.41) is 37.8. The fraction of sp³-hybridized carbons (Fsp3) is 0.589. The van der Waals surface area contributed by atoms with Gasteiger partial charge in [0.15, 0.2) is 29.0 Å². The lowest BCUT2D eigenvalue weighted by Crippen LogP contribution is -2.61. The van der Waals surface area contributed by atoms with Crippen molar-refractivity contribution < 1.29 is 106 Å². The Balaban J connectivity index is 0.000000194. The number of fused-ring (bicyclic) bond motifs is 7. The number of anilines is 6. The molecular formula is C90H131N23O22. The van der Waals surface area contributed by atoms with Crippen LogP contribution in [0.2, 0.25) is 0 Å². The highest BCUT2D eigenvalue weighted by molar-refractivity contribution is 6.12.